The Balaban J connectivity index is 2.05. The Morgan fingerprint density at radius 1 is 1.35 bits per heavy atom. The summed E-state index contributed by atoms with van der Waals surface area (Å²) < 4.78 is 5.72. The van der Waals surface area contributed by atoms with Crippen LogP contribution in [0.2, 0.25) is 0 Å². The number of hydrogen-bond donors (Lipinski definition) is 2. The van der Waals surface area contributed by atoms with Crippen molar-refractivity contribution in [2.24, 2.45) is 5.84 Å². The Kier molecular flexibility index (Phi) is 3.67. The van der Waals surface area contributed by atoms with E-state index in [9.17, 15) is 0 Å². The van der Waals surface area contributed by atoms with E-state index in [1.165, 1.54) is 10.9 Å². The second-order valence-electron chi connectivity index (χ2n) is 5.08. The highest BCUT2D eigenvalue weighted by atomic mass is 16.5. The minimum atomic E-state index is -0.182. The van der Waals surface area contributed by atoms with Crippen molar-refractivity contribution >= 4 is 10.9 Å². The number of hydrogen-bond acceptors (Lipinski definition) is 4. The summed E-state index contributed by atoms with van der Waals surface area (Å²) in [5.74, 6) is 6.59. The van der Waals surface area contributed by atoms with Crippen molar-refractivity contribution in [3.8, 4) is 0 Å². The molecule has 1 aliphatic rings. The second kappa shape index (κ2) is 5.61. The molecule has 0 fully saturated rings. The number of hydrazine groups is 1. The van der Waals surface area contributed by atoms with Gasteiger partial charge < -0.3 is 4.74 Å². The maximum Gasteiger partial charge on any atom is 0.120 e. The fourth-order valence-electron chi connectivity index (χ4n) is 2.61. The van der Waals surface area contributed by atoms with E-state index in [0.717, 1.165) is 36.4 Å². The van der Waals surface area contributed by atoms with Crippen molar-refractivity contribution in [1.82, 2.24) is 10.4 Å². The highest BCUT2D eigenvalue weighted by molar-refractivity contribution is 5.82. The number of para-hydroxylation sites is 1. The van der Waals surface area contributed by atoms with Gasteiger partial charge in [0, 0.05) is 5.39 Å². The molecule has 1 aliphatic heterocycles. The van der Waals surface area contributed by atoms with Crippen molar-refractivity contribution in [2.45, 2.75) is 25.8 Å². The van der Waals surface area contributed by atoms with E-state index in [4.69, 9.17) is 15.6 Å². The molecule has 2 aromatic rings. The fraction of sp³-hybridized carbons (Fsp3) is 0.312. The predicted molar refractivity (Wildman–Crippen MR) is 79.8 cm³/mol. The van der Waals surface area contributed by atoms with Crippen LogP contribution in [0.4, 0.5) is 0 Å². The van der Waals surface area contributed by atoms with Crippen molar-refractivity contribution in [2.75, 3.05) is 6.61 Å². The molecule has 20 heavy (non-hydrogen) atoms. The molecule has 1 aromatic carbocycles. The van der Waals surface area contributed by atoms with E-state index < -0.39 is 0 Å². The summed E-state index contributed by atoms with van der Waals surface area (Å²) in [5.41, 5.74) is 5.91. The first-order valence-corrected chi connectivity index (χ1v) is 6.95. The maximum atomic E-state index is 5.72. The smallest absolute Gasteiger partial charge is 0.120 e. The maximum absolute atomic E-state index is 5.72. The molecule has 3 N–H and O–H groups in total. The monoisotopic (exact) mass is 269 g/mol. The van der Waals surface area contributed by atoms with Gasteiger partial charge in [-0.3, -0.25) is 10.8 Å². The zero-order chi connectivity index (χ0) is 13.9. The Bertz CT molecular complexity index is 651. The van der Waals surface area contributed by atoms with E-state index in [0.29, 0.717) is 0 Å². The number of nitrogens with one attached hydrogen (secondary N) is 1. The molecule has 1 unspecified atom stereocenters. The summed E-state index contributed by atoms with van der Waals surface area (Å²) >= 11 is 0. The lowest BCUT2D eigenvalue weighted by Gasteiger charge is -2.23. The number of ether oxygens (including phenoxy) is 1. The van der Waals surface area contributed by atoms with Crippen LogP contribution in [0.5, 0.6) is 0 Å². The largest absolute Gasteiger partial charge is 0.496 e. The highest BCUT2D eigenvalue weighted by Crippen LogP contribution is 2.27. The summed E-state index contributed by atoms with van der Waals surface area (Å²) in [5, 5.41) is 1.17. The third kappa shape index (κ3) is 2.40. The number of benzene rings is 1. The van der Waals surface area contributed by atoms with Crippen LogP contribution in [-0.4, -0.2) is 11.6 Å². The number of aryl methyl sites for hydroxylation is 1. The van der Waals surface area contributed by atoms with Crippen molar-refractivity contribution in [3.63, 3.8) is 0 Å². The number of pyridine rings is 1. The molecule has 104 valence electrons. The Labute approximate surface area is 118 Å². The second-order valence-corrected chi connectivity index (χ2v) is 5.08. The molecular weight excluding hydrogens is 250 g/mol. The molecule has 1 aromatic heterocycles. The Morgan fingerprint density at radius 2 is 2.20 bits per heavy atom. The van der Waals surface area contributed by atoms with Gasteiger partial charge >= 0.3 is 0 Å². The lowest BCUT2D eigenvalue weighted by molar-refractivity contribution is 0.167. The van der Waals surface area contributed by atoms with Gasteiger partial charge in [-0.15, -0.1) is 0 Å². The summed E-state index contributed by atoms with van der Waals surface area (Å²) in [6, 6.07) is 10.0. The van der Waals surface area contributed by atoms with Gasteiger partial charge in [0.05, 0.1) is 17.8 Å². The minimum absolute atomic E-state index is 0.182. The lowest BCUT2D eigenvalue weighted by atomic mass is 10.0. The molecule has 3 rings (SSSR count). The molecular formula is C16H19N3O. The van der Waals surface area contributed by atoms with Crippen LogP contribution in [0.1, 0.15) is 30.1 Å². The third-order valence-electron chi connectivity index (χ3n) is 3.65. The van der Waals surface area contributed by atoms with Crippen molar-refractivity contribution in [3.05, 3.63) is 53.4 Å². The molecule has 2 heterocycles. The molecule has 0 saturated heterocycles. The van der Waals surface area contributed by atoms with Crippen molar-refractivity contribution in [1.29, 1.82) is 0 Å². The topological polar surface area (TPSA) is 60.2 Å². The van der Waals surface area contributed by atoms with E-state index in [2.05, 4.69) is 30.6 Å². The average molecular weight is 269 g/mol. The first-order chi connectivity index (χ1) is 9.79. The molecule has 0 saturated carbocycles. The summed E-state index contributed by atoms with van der Waals surface area (Å²) in [6.45, 7) is 2.84. The van der Waals surface area contributed by atoms with Crippen LogP contribution in [0.25, 0.3) is 10.9 Å². The van der Waals surface area contributed by atoms with Crippen LogP contribution >= 0.6 is 0 Å². The molecule has 0 aliphatic carbocycles. The van der Waals surface area contributed by atoms with E-state index in [1.54, 1.807) is 0 Å². The van der Waals surface area contributed by atoms with Gasteiger partial charge in [0.15, 0.2) is 0 Å². The van der Waals surface area contributed by atoms with Crippen molar-refractivity contribution < 1.29 is 4.74 Å². The summed E-state index contributed by atoms with van der Waals surface area (Å²) in [4.78, 5) is 4.72. The molecule has 0 amide bonds. The van der Waals surface area contributed by atoms with E-state index in [-0.39, 0.29) is 6.04 Å². The summed E-state index contributed by atoms with van der Waals surface area (Å²) in [6.07, 6.45) is 4.19. The highest BCUT2D eigenvalue weighted by Gasteiger charge is 2.20. The quantitative estimate of drug-likeness (QED) is 0.664. The minimum Gasteiger partial charge on any atom is -0.496 e. The predicted octanol–water partition coefficient (Wildman–Crippen LogP) is 2.74. The van der Waals surface area contributed by atoms with Gasteiger partial charge in [-0.25, -0.2) is 5.43 Å². The van der Waals surface area contributed by atoms with Gasteiger partial charge in [-0.05, 0) is 43.5 Å². The van der Waals surface area contributed by atoms with E-state index in [1.807, 2.05) is 18.2 Å². The van der Waals surface area contributed by atoms with Crippen LogP contribution in [0.15, 0.2) is 42.2 Å². The lowest BCUT2D eigenvalue weighted by Crippen LogP contribution is -2.31. The number of nitrogens with zero attached hydrogens (tertiary/aromatic N) is 1. The number of allylic oxidation sites excluding steroid dienone is 1. The van der Waals surface area contributed by atoms with Gasteiger partial charge in [0.2, 0.25) is 0 Å². The number of nitrogens with two attached hydrogens (primary N) is 1. The van der Waals surface area contributed by atoms with Crippen LogP contribution in [0, 0.1) is 6.92 Å². The molecule has 4 nitrogen and oxygen atoms in total. The average Bonchev–Trinajstić information content (AvgIpc) is 2.49. The molecule has 0 radical (unpaired) electrons. The zero-order valence-corrected chi connectivity index (χ0v) is 11.6. The molecule has 4 heteroatoms. The normalized spacial score (nSPS) is 16.6. The zero-order valence-electron chi connectivity index (χ0n) is 11.6. The van der Waals surface area contributed by atoms with Gasteiger partial charge in [-0.2, -0.15) is 0 Å². The molecule has 0 spiro atoms. The SMILES string of the molecule is Cc1cc(C(NN)C2=CCCCO2)nc2ccccc12. The Morgan fingerprint density at radius 3 is 2.95 bits per heavy atom. The standard InChI is InChI=1S/C16H19N3O/c1-11-10-14(18-13-7-3-2-6-12(11)13)16(19-17)15-8-4-5-9-20-15/h2-3,6-8,10,16,19H,4-5,9,17H2,1H3. The Hall–Kier alpha value is -1.91. The van der Waals surface area contributed by atoms with E-state index >= 15 is 0 Å². The number of fused-ring (bicyclic) bond motifs is 1. The number of aromatic nitrogens is 1. The third-order valence-corrected chi connectivity index (χ3v) is 3.65. The van der Waals surface area contributed by atoms with Gasteiger partial charge in [-0.1, -0.05) is 18.2 Å². The molecule has 0 bridgehead atoms. The number of rotatable bonds is 3. The van der Waals surface area contributed by atoms with Gasteiger partial charge in [0.25, 0.3) is 0 Å². The summed E-state index contributed by atoms with van der Waals surface area (Å²) in [7, 11) is 0. The van der Waals surface area contributed by atoms with Gasteiger partial charge in [0.1, 0.15) is 11.8 Å². The van der Waals surface area contributed by atoms with Crippen LogP contribution in [0.3, 0.4) is 0 Å². The first kappa shape index (κ1) is 13.1. The molecule has 1 atom stereocenters. The fourth-order valence-corrected chi connectivity index (χ4v) is 2.61. The van der Waals surface area contributed by atoms with Crippen LogP contribution < -0.4 is 11.3 Å². The van der Waals surface area contributed by atoms with Crippen LogP contribution in [-0.2, 0) is 4.74 Å². The first-order valence-electron chi connectivity index (χ1n) is 6.95.